The topological polar surface area (TPSA) is 66.5 Å². The van der Waals surface area contributed by atoms with Gasteiger partial charge in [-0.15, -0.1) is 0 Å². The number of nitrogens with one attached hydrogen (secondary N) is 1. The van der Waals surface area contributed by atoms with Crippen molar-refractivity contribution < 1.29 is 13.2 Å². The van der Waals surface area contributed by atoms with Crippen LogP contribution in [0.3, 0.4) is 0 Å². The molecule has 0 aromatic heterocycles. The van der Waals surface area contributed by atoms with Crippen molar-refractivity contribution in [1.82, 2.24) is 0 Å². The fourth-order valence-electron chi connectivity index (χ4n) is 1.89. The Morgan fingerprint density at radius 2 is 1.77 bits per heavy atom. The highest BCUT2D eigenvalue weighted by Crippen LogP contribution is 2.25. The summed E-state index contributed by atoms with van der Waals surface area (Å²) < 4.78 is 24.7. The van der Waals surface area contributed by atoms with Crippen molar-refractivity contribution in [3.63, 3.8) is 0 Å². The van der Waals surface area contributed by atoms with E-state index in [4.69, 9.17) is 11.6 Å². The minimum atomic E-state index is -3.42. The lowest BCUT2D eigenvalue weighted by atomic mass is 10.1. The van der Waals surface area contributed by atoms with Crippen LogP contribution in [0.15, 0.2) is 48.5 Å². The van der Waals surface area contributed by atoms with Crippen LogP contribution in [0.5, 0.6) is 0 Å². The standard InChI is InChI=1S/C15H15ClN2O3S/c1-18(12-6-4-3-5-7-12)15(19)11-8-9-14(13(16)10-11)17-22(2,20)21/h3-10,17H,1-2H3. The molecule has 2 aromatic rings. The summed E-state index contributed by atoms with van der Waals surface area (Å²) in [7, 11) is -1.76. The lowest BCUT2D eigenvalue weighted by molar-refractivity contribution is 0.0993. The van der Waals surface area contributed by atoms with Gasteiger partial charge >= 0.3 is 0 Å². The minimum Gasteiger partial charge on any atom is -0.311 e. The van der Waals surface area contributed by atoms with Crippen LogP contribution in [0.25, 0.3) is 0 Å². The first-order chi connectivity index (χ1) is 10.3. The molecule has 0 aliphatic rings. The Balaban J connectivity index is 2.26. The van der Waals surface area contributed by atoms with E-state index in [0.29, 0.717) is 5.56 Å². The number of halogens is 1. The van der Waals surface area contributed by atoms with E-state index >= 15 is 0 Å². The second-order valence-electron chi connectivity index (χ2n) is 4.77. The van der Waals surface area contributed by atoms with Crippen molar-refractivity contribution in [3.05, 3.63) is 59.1 Å². The second-order valence-corrected chi connectivity index (χ2v) is 6.92. The maximum Gasteiger partial charge on any atom is 0.258 e. The smallest absolute Gasteiger partial charge is 0.258 e. The lowest BCUT2D eigenvalue weighted by Gasteiger charge is -2.18. The van der Waals surface area contributed by atoms with Crippen molar-refractivity contribution in [1.29, 1.82) is 0 Å². The Kier molecular flexibility index (Phi) is 4.73. The van der Waals surface area contributed by atoms with Gasteiger partial charge in [-0.05, 0) is 30.3 Å². The summed E-state index contributed by atoms with van der Waals surface area (Å²) in [5.41, 5.74) is 1.36. The highest BCUT2D eigenvalue weighted by atomic mass is 35.5. The van der Waals surface area contributed by atoms with Gasteiger partial charge in [-0.2, -0.15) is 0 Å². The third-order valence-electron chi connectivity index (χ3n) is 2.96. The van der Waals surface area contributed by atoms with Gasteiger partial charge in [0.15, 0.2) is 0 Å². The van der Waals surface area contributed by atoms with E-state index in [2.05, 4.69) is 4.72 Å². The SMILES string of the molecule is CN(C(=O)c1ccc(NS(C)(=O)=O)c(Cl)c1)c1ccccc1. The molecule has 2 aromatic carbocycles. The monoisotopic (exact) mass is 338 g/mol. The molecule has 7 heteroatoms. The van der Waals surface area contributed by atoms with Gasteiger partial charge in [-0.1, -0.05) is 29.8 Å². The molecule has 0 fully saturated rings. The third kappa shape index (κ3) is 3.99. The summed E-state index contributed by atoms with van der Waals surface area (Å²) in [5.74, 6) is -0.237. The average molecular weight is 339 g/mol. The fraction of sp³-hybridized carbons (Fsp3) is 0.133. The van der Waals surface area contributed by atoms with Gasteiger partial charge in [0.1, 0.15) is 0 Å². The van der Waals surface area contributed by atoms with Crippen LogP contribution >= 0.6 is 11.6 Å². The Bertz CT molecular complexity index is 792. The zero-order valence-electron chi connectivity index (χ0n) is 12.1. The normalized spacial score (nSPS) is 11.0. The molecule has 0 saturated heterocycles. The number of anilines is 2. The number of para-hydroxylation sites is 1. The maximum atomic E-state index is 12.4. The number of benzene rings is 2. The first kappa shape index (κ1) is 16.3. The van der Waals surface area contributed by atoms with Crippen LogP contribution in [0, 0.1) is 0 Å². The first-order valence-corrected chi connectivity index (χ1v) is 8.65. The molecule has 116 valence electrons. The van der Waals surface area contributed by atoms with Gasteiger partial charge in [0.05, 0.1) is 17.0 Å². The van der Waals surface area contributed by atoms with E-state index in [0.717, 1.165) is 11.9 Å². The molecule has 0 radical (unpaired) electrons. The fourth-order valence-corrected chi connectivity index (χ4v) is 2.75. The number of carbonyl (C=O) groups is 1. The third-order valence-corrected chi connectivity index (χ3v) is 3.86. The van der Waals surface area contributed by atoms with Crippen LogP contribution in [0.2, 0.25) is 5.02 Å². The zero-order chi connectivity index (χ0) is 16.3. The summed E-state index contributed by atoms with van der Waals surface area (Å²) in [5, 5.41) is 0.165. The highest BCUT2D eigenvalue weighted by Gasteiger charge is 2.15. The van der Waals surface area contributed by atoms with Crippen LogP contribution in [-0.2, 0) is 10.0 Å². The molecule has 22 heavy (non-hydrogen) atoms. The molecule has 5 nitrogen and oxygen atoms in total. The van der Waals surface area contributed by atoms with Crippen molar-refractivity contribution >= 4 is 38.9 Å². The van der Waals surface area contributed by atoms with Gasteiger partial charge in [-0.3, -0.25) is 9.52 Å². The number of amides is 1. The summed E-state index contributed by atoms with van der Waals surface area (Å²) in [6, 6.07) is 13.6. The molecule has 0 aliphatic heterocycles. The Morgan fingerprint density at radius 3 is 2.32 bits per heavy atom. The Labute approximate surface area is 134 Å². The highest BCUT2D eigenvalue weighted by molar-refractivity contribution is 7.92. The molecule has 1 amide bonds. The molecule has 0 unspecified atom stereocenters. The quantitative estimate of drug-likeness (QED) is 0.932. The largest absolute Gasteiger partial charge is 0.311 e. The Morgan fingerprint density at radius 1 is 1.14 bits per heavy atom. The van der Waals surface area contributed by atoms with Gasteiger partial charge in [0.25, 0.3) is 5.91 Å². The first-order valence-electron chi connectivity index (χ1n) is 6.38. The van der Waals surface area contributed by atoms with Crippen LogP contribution in [0.4, 0.5) is 11.4 Å². The van der Waals surface area contributed by atoms with Crippen LogP contribution in [0.1, 0.15) is 10.4 Å². The predicted octanol–water partition coefficient (Wildman–Crippen LogP) is 2.99. The van der Waals surface area contributed by atoms with Crippen molar-refractivity contribution in [3.8, 4) is 0 Å². The summed E-state index contributed by atoms with van der Waals surface area (Å²) in [6.45, 7) is 0. The number of nitrogens with zero attached hydrogens (tertiary/aromatic N) is 1. The van der Waals surface area contributed by atoms with Crippen LogP contribution in [-0.4, -0.2) is 27.6 Å². The summed E-state index contributed by atoms with van der Waals surface area (Å²) in [6.07, 6.45) is 1.03. The van der Waals surface area contributed by atoms with E-state index in [-0.39, 0.29) is 16.6 Å². The van der Waals surface area contributed by atoms with E-state index in [1.807, 2.05) is 30.3 Å². The molecule has 1 N–H and O–H groups in total. The van der Waals surface area contributed by atoms with Crippen LogP contribution < -0.4 is 9.62 Å². The van der Waals surface area contributed by atoms with Gasteiger partial charge in [0, 0.05) is 18.3 Å². The molecule has 0 aliphatic carbocycles. The zero-order valence-corrected chi connectivity index (χ0v) is 13.6. The van der Waals surface area contributed by atoms with Gasteiger partial charge in [0.2, 0.25) is 10.0 Å². The molecular formula is C15H15ClN2O3S. The van der Waals surface area contributed by atoms with Gasteiger partial charge < -0.3 is 4.90 Å². The number of hydrogen-bond donors (Lipinski definition) is 1. The summed E-state index contributed by atoms with van der Waals surface area (Å²) >= 11 is 6.03. The van der Waals surface area contributed by atoms with Gasteiger partial charge in [-0.25, -0.2) is 8.42 Å². The molecule has 0 saturated carbocycles. The molecular weight excluding hydrogens is 324 g/mol. The molecule has 0 atom stereocenters. The van der Waals surface area contributed by atoms with E-state index in [1.165, 1.54) is 23.1 Å². The van der Waals surface area contributed by atoms with Crippen molar-refractivity contribution in [2.75, 3.05) is 22.9 Å². The number of rotatable bonds is 4. The van der Waals surface area contributed by atoms with Crippen molar-refractivity contribution in [2.45, 2.75) is 0 Å². The molecule has 0 spiro atoms. The summed E-state index contributed by atoms with van der Waals surface area (Å²) in [4.78, 5) is 13.9. The number of carbonyl (C=O) groups excluding carboxylic acids is 1. The second kappa shape index (κ2) is 6.37. The van der Waals surface area contributed by atoms with E-state index in [9.17, 15) is 13.2 Å². The molecule has 0 heterocycles. The minimum absolute atomic E-state index is 0.165. The molecule has 2 rings (SSSR count). The average Bonchev–Trinajstić information content (AvgIpc) is 2.47. The predicted molar refractivity (Wildman–Crippen MR) is 89.1 cm³/mol. The molecule has 0 bridgehead atoms. The van der Waals surface area contributed by atoms with Crippen molar-refractivity contribution in [2.24, 2.45) is 0 Å². The van der Waals surface area contributed by atoms with E-state index in [1.54, 1.807) is 7.05 Å². The van der Waals surface area contributed by atoms with E-state index < -0.39 is 10.0 Å². The number of hydrogen-bond acceptors (Lipinski definition) is 3. The maximum absolute atomic E-state index is 12.4. The lowest BCUT2D eigenvalue weighted by Crippen LogP contribution is -2.26. The number of sulfonamides is 1. The Hall–Kier alpha value is -2.05.